The van der Waals surface area contributed by atoms with Crippen molar-refractivity contribution in [1.82, 2.24) is 15.3 Å². The summed E-state index contributed by atoms with van der Waals surface area (Å²) in [6, 6.07) is 16.3. The molecule has 1 saturated carbocycles. The van der Waals surface area contributed by atoms with Crippen LogP contribution in [0.1, 0.15) is 55.3 Å². The minimum atomic E-state index is 0.460. The van der Waals surface area contributed by atoms with E-state index in [9.17, 15) is 0 Å². The SMILES string of the molecule is CN(C)c1nc(N[C@H]2CC[C@@H](NCc3cccc4ccccc34)CC2)nc2c1CCCC2. The summed E-state index contributed by atoms with van der Waals surface area (Å²) in [4.78, 5) is 11.9. The summed E-state index contributed by atoms with van der Waals surface area (Å²) < 4.78 is 0. The zero-order valence-corrected chi connectivity index (χ0v) is 19.4. The van der Waals surface area contributed by atoms with E-state index in [1.165, 1.54) is 53.3 Å². The number of hydrogen-bond acceptors (Lipinski definition) is 5. The molecule has 0 saturated heterocycles. The Labute approximate surface area is 191 Å². The fraction of sp³-hybridized carbons (Fsp3) is 0.481. The predicted octanol–water partition coefficient (Wildman–Crippen LogP) is 5.09. The van der Waals surface area contributed by atoms with Crippen molar-refractivity contribution in [3.8, 4) is 0 Å². The summed E-state index contributed by atoms with van der Waals surface area (Å²) in [6.07, 6.45) is 9.37. The highest BCUT2D eigenvalue weighted by molar-refractivity contribution is 5.85. The van der Waals surface area contributed by atoms with Gasteiger partial charge in [0.05, 0.1) is 5.69 Å². The fourth-order valence-electron chi connectivity index (χ4n) is 5.33. The first-order valence-corrected chi connectivity index (χ1v) is 12.2. The maximum Gasteiger partial charge on any atom is 0.225 e. The second-order valence-corrected chi connectivity index (χ2v) is 9.61. The van der Waals surface area contributed by atoms with E-state index >= 15 is 0 Å². The standard InChI is InChI=1S/C27H35N5/c1-32(2)26-24-12-5-6-13-25(24)30-27(31-26)29-22-16-14-21(15-17-22)28-18-20-10-7-9-19-8-3-4-11-23(19)20/h3-4,7-11,21-22,28H,5-6,12-18H2,1-2H3,(H,29,30,31)/t21-,22+. The largest absolute Gasteiger partial charge is 0.362 e. The van der Waals surface area contributed by atoms with Gasteiger partial charge in [0.1, 0.15) is 5.82 Å². The normalized spacial score (nSPS) is 20.7. The van der Waals surface area contributed by atoms with Gasteiger partial charge in [-0.25, -0.2) is 4.98 Å². The van der Waals surface area contributed by atoms with Gasteiger partial charge in [-0.15, -0.1) is 0 Å². The van der Waals surface area contributed by atoms with E-state index < -0.39 is 0 Å². The molecule has 0 bridgehead atoms. The van der Waals surface area contributed by atoms with Gasteiger partial charge in [-0.05, 0) is 67.7 Å². The lowest BCUT2D eigenvalue weighted by Crippen LogP contribution is -2.37. The van der Waals surface area contributed by atoms with Crippen LogP contribution in [-0.2, 0) is 19.4 Å². The third kappa shape index (κ3) is 4.58. The number of anilines is 2. The van der Waals surface area contributed by atoms with Gasteiger partial charge in [0.25, 0.3) is 0 Å². The van der Waals surface area contributed by atoms with Crippen molar-refractivity contribution in [1.29, 1.82) is 0 Å². The second kappa shape index (κ2) is 9.45. The molecular formula is C27H35N5. The zero-order valence-electron chi connectivity index (χ0n) is 19.4. The topological polar surface area (TPSA) is 53.1 Å². The number of rotatable bonds is 6. The molecule has 5 nitrogen and oxygen atoms in total. The van der Waals surface area contributed by atoms with Crippen LogP contribution in [0.2, 0.25) is 0 Å². The molecule has 1 aromatic heterocycles. The Kier molecular flexibility index (Phi) is 6.26. The first kappa shape index (κ1) is 21.2. The summed E-state index contributed by atoms with van der Waals surface area (Å²) in [6.45, 7) is 0.935. The van der Waals surface area contributed by atoms with Crippen LogP contribution in [0.15, 0.2) is 42.5 Å². The minimum absolute atomic E-state index is 0.460. The van der Waals surface area contributed by atoms with Crippen LogP contribution in [0.4, 0.5) is 11.8 Å². The molecule has 1 heterocycles. The molecule has 32 heavy (non-hydrogen) atoms. The summed E-state index contributed by atoms with van der Waals surface area (Å²) in [5.41, 5.74) is 4.00. The summed E-state index contributed by atoms with van der Waals surface area (Å²) in [5, 5.41) is 10.2. The van der Waals surface area contributed by atoms with Crippen molar-refractivity contribution in [2.75, 3.05) is 24.3 Å². The van der Waals surface area contributed by atoms with Crippen molar-refractivity contribution in [3.63, 3.8) is 0 Å². The molecule has 2 aliphatic rings. The van der Waals surface area contributed by atoms with E-state index in [1.54, 1.807) is 0 Å². The summed E-state index contributed by atoms with van der Waals surface area (Å²) >= 11 is 0. The predicted molar refractivity (Wildman–Crippen MR) is 133 cm³/mol. The number of nitrogens with zero attached hydrogens (tertiary/aromatic N) is 3. The number of hydrogen-bond donors (Lipinski definition) is 2. The van der Waals surface area contributed by atoms with Gasteiger partial charge < -0.3 is 15.5 Å². The Hall–Kier alpha value is -2.66. The maximum absolute atomic E-state index is 4.91. The van der Waals surface area contributed by atoms with E-state index in [-0.39, 0.29) is 0 Å². The molecule has 2 N–H and O–H groups in total. The monoisotopic (exact) mass is 429 g/mol. The van der Waals surface area contributed by atoms with Gasteiger partial charge in [0.15, 0.2) is 0 Å². The Bertz CT molecular complexity index is 1060. The molecule has 3 aromatic rings. The smallest absolute Gasteiger partial charge is 0.225 e. The average Bonchev–Trinajstić information content (AvgIpc) is 2.83. The highest BCUT2D eigenvalue weighted by Crippen LogP contribution is 2.29. The van der Waals surface area contributed by atoms with E-state index in [4.69, 9.17) is 9.97 Å². The van der Waals surface area contributed by atoms with Crippen LogP contribution >= 0.6 is 0 Å². The lowest BCUT2D eigenvalue weighted by atomic mass is 9.91. The maximum atomic E-state index is 4.91. The van der Waals surface area contributed by atoms with E-state index in [2.05, 4.69) is 72.1 Å². The molecule has 0 radical (unpaired) electrons. The van der Waals surface area contributed by atoms with Crippen molar-refractivity contribution in [2.45, 2.75) is 70.0 Å². The van der Waals surface area contributed by atoms with Crippen LogP contribution in [0.5, 0.6) is 0 Å². The molecule has 1 fully saturated rings. The van der Waals surface area contributed by atoms with Gasteiger partial charge in [0.2, 0.25) is 5.95 Å². The Balaban J connectivity index is 1.18. The highest BCUT2D eigenvalue weighted by atomic mass is 15.2. The van der Waals surface area contributed by atoms with Crippen LogP contribution in [0, 0.1) is 0 Å². The van der Waals surface area contributed by atoms with Gasteiger partial charge in [-0.1, -0.05) is 42.5 Å². The van der Waals surface area contributed by atoms with E-state index in [0.717, 1.165) is 44.0 Å². The molecule has 0 atom stereocenters. The molecule has 0 spiro atoms. The van der Waals surface area contributed by atoms with Gasteiger partial charge in [-0.2, -0.15) is 4.98 Å². The van der Waals surface area contributed by atoms with E-state index in [0.29, 0.717) is 12.1 Å². The molecule has 0 aliphatic heterocycles. The van der Waals surface area contributed by atoms with Crippen LogP contribution in [0.3, 0.4) is 0 Å². The number of aryl methyl sites for hydroxylation is 1. The molecule has 2 aliphatic carbocycles. The lowest BCUT2D eigenvalue weighted by molar-refractivity contribution is 0.352. The van der Waals surface area contributed by atoms with Crippen molar-refractivity contribution in [2.24, 2.45) is 0 Å². The first-order valence-electron chi connectivity index (χ1n) is 12.2. The molecule has 2 aromatic carbocycles. The van der Waals surface area contributed by atoms with Gasteiger partial charge in [-0.3, -0.25) is 0 Å². The average molecular weight is 430 g/mol. The Morgan fingerprint density at radius 1 is 0.875 bits per heavy atom. The lowest BCUT2D eigenvalue weighted by Gasteiger charge is -2.31. The Morgan fingerprint density at radius 2 is 1.62 bits per heavy atom. The summed E-state index contributed by atoms with van der Waals surface area (Å²) in [5.74, 6) is 1.92. The third-order valence-corrected chi connectivity index (χ3v) is 7.11. The van der Waals surface area contributed by atoms with Crippen LogP contribution in [0.25, 0.3) is 10.8 Å². The fourth-order valence-corrected chi connectivity index (χ4v) is 5.33. The van der Waals surface area contributed by atoms with E-state index in [1.807, 2.05) is 0 Å². The number of nitrogens with one attached hydrogen (secondary N) is 2. The van der Waals surface area contributed by atoms with Crippen molar-refractivity contribution < 1.29 is 0 Å². The van der Waals surface area contributed by atoms with Crippen LogP contribution in [-0.4, -0.2) is 36.1 Å². The van der Waals surface area contributed by atoms with Crippen LogP contribution < -0.4 is 15.5 Å². The summed E-state index contributed by atoms with van der Waals surface area (Å²) in [7, 11) is 4.18. The first-order chi connectivity index (χ1) is 15.7. The third-order valence-electron chi connectivity index (χ3n) is 7.11. The molecular weight excluding hydrogens is 394 g/mol. The zero-order chi connectivity index (χ0) is 21.9. The number of benzene rings is 2. The molecule has 168 valence electrons. The molecule has 5 rings (SSSR count). The Morgan fingerprint density at radius 3 is 2.47 bits per heavy atom. The van der Waals surface area contributed by atoms with Gasteiger partial charge >= 0.3 is 0 Å². The molecule has 0 unspecified atom stereocenters. The minimum Gasteiger partial charge on any atom is -0.362 e. The molecule has 0 amide bonds. The highest BCUT2D eigenvalue weighted by Gasteiger charge is 2.24. The number of fused-ring (bicyclic) bond motifs is 2. The molecule has 5 heteroatoms. The van der Waals surface area contributed by atoms with Crippen molar-refractivity contribution >= 4 is 22.5 Å². The quantitative estimate of drug-likeness (QED) is 0.572. The van der Waals surface area contributed by atoms with Crippen molar-refractivity contribution in [3.05, 3.63) is 59.3 Å². The van der Waals surface area contributed by atoms with Gasteiger partial charge in [0, 0.05) is 38.3 Å². The second-order valence-electron chi connectivity index (χ2n) is 9.61. The number of aromatic nitrogens is 2.